The predicted octanol–water partition coefficient (Wildman–Crippen LogP) is 3.90. The van der Waals surface area contributed by atoms with Gasteiger partial charge in [-0.15, -0.1) is 5.69 Å². The largest absolute Gasteiger partial charge is 0.700 e. The third kappa shape index (κ3) is 3.79. The molecule has 1 rings (SSSR count). The van der Waals surface area contributed by atoms with Crippen LogP contribution in [0.3, 0.4) is 0 Å². The Hall–Kier alpha value is -0.467. The maximum atomic E-state index is 8.79. The second kappa shape index (κ2) is 7.20. The standard InChI is InChI=1S/C6H6N2O.CH3.ClH.Ru/c7-4-2-1-3-5(9)6(4)8;;;/h1-3,7-9H;1H3;1H;/q-2;-1;;+4/p-1. The van der Waals surface area contributed by atoms with Crippen molar-refractivity contribution in [2.75, 3.05) is 0 Å². The summed E-state index contributed by atoms with van der Waals surface area (Å²) in [6, 6.07) is 4.39. The Morgan fingerprint density at radius 1 is 1.25 bits per heavy atom. The van der Waals surface area contributed by atoms with Gasteiger partial charge in [0.15, 0.2) is 0 Å². The maximum Gasteiger partial charge on any atom is 0.0988 e. The first-order chi connectivity index (χ1) is 5.22. The van der Waals surface area contributed by atoms with Gasteiger partial charge in [-0.25, -0.2) is 0 Å². The number of phenols is 1. The number of aromatic hydroxyl groups is 1. The molecular weight excluding hydrogens is 265 g/mol. The predicted molar refractivity (Wildman–Crippen MR) is 48.3 cm³/mol. The molecule has 1 aromatic carbocycles. The van der Waals surface area contributed by atoms with E-state index in [9.17, 15) is 0 Å². The minimum atomic E-state index is -0.137. The fraction of sp³-hybridized carbons (Fsp3) is 0. The Morgan fingerprint density at radius 3 is 2.08 bits per heavy atom. The Labute approximate surface area is 86.4 Å². The Morgan fingerprint density at radius 2 is 1.75 bits per heavy atom. The zero-order chi connectivity index (χ0) is 8.85. The van der Waals surface area contributed by atoms with Gasteiger partial charge >= 0.3 is 27.0 Å². The molecule has 0 aliphatic rings. The molecule has 0 bridgehead atoms. The first-order valence-corrected chi connectivity index (χ1v) is 4.84. The summed E-state index contributed by atoms with van der Waals surface area (Å²) in [6.45, 7) is 0. The van der Waals surface area contributed by atoms with Crippen molar-refractivity contribution in [2.45, 2.75) is 0 Å². The maximum absolute atomic E-state index is 8.79. The van der Waals surface area contributed by atoms with Gasteiger partial charge in [-0.05, 0) is 6.07 Å². The monoisotopic (exact) mass is 274 g/mol. The van der Waals surface area contributed by atoms with Crippen molar-refractivity contribution in [3.05, 3.63) is 37.1 Å². The van der Waals surface area contributed by atoms with Crippen LogP contribution in [0, 0.1) is 7.43 Å². The first-order valence-electron chi connectivity index (χ1n) is 2.60. The van der Waals surface area contributed by atoms with Gasteiger partial charge in [-0.1, -0.05) is 12.1 Å². The molecule has 68 valence electrons. The zero-order valence-corrected chi connectivity index (χ0v) is 8.90. The molecule has 0 aliphatic heterocycles. The topological polar surface area (TPSA) is 67.8 Å². The fourth-order valence-electron chi connectivity index (χ4n) is 0.540. The van der Waals surface area contributed by atoms with Gasteiger partial charge in [0, 0.05) is 0 Å². The molecule has 0 fully saturated rings. The normalized spacial score (nSPS) is 7.42. The van der Waals surface area contributed by atoms with Crippen molar-refractivity contribution in [3.63, 3.8) is 0 Å². The van der Waals surface area contributed by atoms with E-state index in [2.05, 4.69) is 9.69 Å². The van der Waals surface area contributed by atoms with E-state index in [0.29, 0.717) is 0 Å². The molecule has 0 spiro atoms. The summed E-state index contributed by atoms with van der Waals surface area (Å²) < 4.78 is 0. The van der Waals surface area contributed by atoms with E-state index in [4.69, 9.17) is 16.6 Å². The average Bonchev–Trinajstić information content (AvgIpc) is 2.04. The van der Waals surface area contributed by atoms with Gasteiger partial charge in [0.25, 0.3) is 0 Å². The van der Waals surface area contributed by atoms with Gasteiger partial charge in [0.1, 0.15) is 0 Å². The summed E-state index contributed by atoms with van der Waals surface area (Å²) in [5.74, 6) is -0.137. The van der Waals surface area contributed by atoms with Gasteiger partial charge in [0.2, 0.25) is 0 Å². The van der Waals surface area contributed by atoms with Crippen LogP contribution in [0.1, 0.15) is 0 Å². The van der Waals surface area contributed by atoms with Crippen molar-refractivity contribution < 1.29 is 22.4 Å². The quantitative estimate of drug-likeness (QED) is 0.435. The summed E-state index contributed by atoms with van der Waals surface area (Å²) in [4.78, 5) is 0. The molecule has 0 radical (unpaired) electrons. The first kappa shape index (κ1) is 14.1. The molecule has 1 aromatic rings. The van der Waals surface area contributed by atoms with Crippen molar-refractivity contribution in [1.29, 1.82) is 0 Å². The van der Waals surface area contributed by atoms with Crippen LogP contribution in [-0.4, -0.2) is 5.11 Å². The summed E-state index contributed by atoms with van der Waals surface area (Å²) >= 11 is 1.82. The van der Waals surface area contributed by atoms with Crippen molar-refractivity contribution in [1.82, 2.24) is 0 Å². The molecule has 0 unspecified atom stereocenters. The van der Waals surface area contributed by atoms with E-state index in [0.717, 1.165) is 0 Å². The van der Waals surface area contributed by atoms with Crippen LogP contribution in [0.25, 0.3) is 11.5 Å². The Bertz CT molecular complexity index is 212. The zero-order valence-electron chi connectivity index (χ0n) is 6.41. The number of rotatable bonds is 0. The van der Waals surface area contributed by atoms with Gasteiger partial charge < -0.3 is 24.0 Å². The van der Waals surface area contributed by atoms with E-state index < -0.39 is 0 Å². The Balaban J connectivity index is 0. The minimum Gasteiger partial charge on any atom is -0.700 e. The van der Waals surface area contributed by atoms with Crippen LogP contribution >= 0.6 is 9.69 Å². The summed E-state index contributed by atoms with van der Waals surface area (Å²) in [6.07, 6.45) is 0. The van der Waals surface area contributed by atoms with Crippen LogP contribution in [-0.2, 0) is 17.3 Å². The number of halogens is 1. The molecule has 0 heterocycles. The van der Waals surface area contributed by atoms with Crippen LogP contribution in [0.5, 0.6) is 5.75 Å². The van der Waals surface area contributed by atoms with Crippen molar-refractivity contribution in [3.8, 4) is 5.75 Å². The fourth-order valence-corrected chi connectivity index (χ4v) is 0.540. The molecule has 12 heavy (non-hydrogen) atoms. The number of phenolic OH excluding ortho intramolecular Hbond substituents is 1. The molecule has 3 N–H and O–H groups in total. The third-order valence-corrected chi connectivity index (χ3v) is 1.04. The Kier molecular flexibility index (Phi) is 8.44. The van der Waals surface area contributed by atoms with Crippen molar-refractivity contribution >= 4 is 21.1 Å². The van der Waals surface area contributed by atoms with E-state index in [1.165, 1.54) is 18.2 Å². The van der Waals surface area contributed by atoms with Gasteiger partial charge in [0.05, 0.1) is 5.75 Å². The number of nitrogens with one attached hydrogen (secondary N) is 2. The number of hydrogen-bond acceptors (Lipinski definition) is 1. The van der Waals surface area contributed by atoms with E-state index >= 15 is 0 Å². The second-order valence-corrected chi connectivity index (χ2v) is 1.70. The smallest absolute Gasteiger partial charge is 0.0988 e. The van der Waals surface area contributed by atoms with E-state index in [-0.39, 0.29) is 24.6 Å². The third-order valence-electron chi connectivity index (χ3n) is 1.04. The van der Waals surface area contributed by atoms with Crippen LogP contribution in [0.4, 0.5) is 11.4 Å². The summed E-state index contributed by atoms with van der Waals surface area (Å²) in [7, 11) is 4.57. The molecule has 0 aliphatic carbocycles. The molecule has 3 nitrogen and oxygen atoms in total. The van der Waals surface area contributed by atoms with Crippen LogP contribution < -0.4 is 0 Å². The second-order valence-electron chi connectivity index (χ2n) is 1.70. The van der Waals surface area contributed by atoms with E-state index in [1.54, 1.807) is 0 Å². The van der Waals surface area contributed by atoms with Gasteiger partial charge in [-0.3, -0.25) is 0 Å². The molecule has 0 aromatic heterocycles. The number of benzene rings is 1. The molecular formula is C7H9ClN2ORu. The molecule has 5 heteroatoms. The average molecular weight is 274 g/mol. The molecule has 0 atom stereocenters. The summed E-state index contributed by atoms with van der Waals surface area (Å²) in [5.41, 5.74) is 14.0. The molecule has 0 amide bonds. The van der Waals surface area contributed by atoms with Crippen LogP contribution in [0.15, 0.2) is 18.2 Å². The van der Waals surface area contributed by atoms with Crippen molar-refractivity contribution in [2.24, 2.45) is 0 Å². The number of hydrogen-bond donors (Lipinski definition) is 1. The summed E-state index contributed by atoms with van der Waals surface area (Å²) in [5, 5.41) is 8.79. The SMILES string of the molecule is [CH3-].[Cl][Ru+3].[NH-]c1cccc(O)c1[NH-]. The minimum absolute atomic E-state index is 0. The van der Waals surface area contributed by atoms with Gasteiger partial charge in [-0.2, -0.15) is 5.69 Å². The van der Waals surface area contributed by atoms with Crippen LogP contribution in [0.2, 0.25) is 0 Å². The molecule has 0 saturated heterocycles. The van der Waals surface area contributed by atoms with E-state index in [1.807, 2.05) is 17.3 Å². The molecule has 0 saturated carbocycles.